The molecule has 0 aliphatic heterocycles. The first kappa shape index (κ1) is 16.0. The van der Waals surface area contributed by atoms with Crippen molar-refractivity contribution in [1.82, 2.24) is 16.0 Å². The molecule has 0 heterocycles. The molecule has 0 radical (unpaired) electrons. The zero-order valence-electron chi connectivity index (χ0n) is 11.3. The molecule has 3 N–H and O–H groups in total. The van der Waals surface area contributed by atoms with Gasteiger partial charge in [-0.15, -0.1) is 6.58 Å². The van der Waals surface area contributed by atoms with Gasteiger partial charge in [0.25, 0.3) is 0 Å². The number of rotatable bonds is 6. The van der Waals surface area contributed by atoms with Crippen LogP contribution in [0, 0.1) is 0 Å². The van der Waals surface area contributed by atoms with E-state index >= 15 is 0 Å². The van der Waals surface area contributed by atoms with E-state index in [-0.39, 0.29) is 18.5 Å². The molecule has 108 valence electrons. The molecule has 0 spiro atoms. The number of carbonyl (C=O) groups excluding carboxylic acids is 2. The van der Waals surface area contributed by atoms with Crippen LogP contribution in [0.25, 0.3) is 0 Å². The summed E-state index contributed by atoms with van der Waals surface area (Å²) in [6.07, 6.45) is 1.57. The second-order valence-corrected chi connectivity index (χ2v) is 4.57. The van der Waals surface area contributed by atoms with E-state index in [0.29, 0.717) is 11.6 Å². The van der Waals surface area contributed by atoms with Gasteiger partial charge in [0.1, 0.15) is 0 Å². The average Bonchev–Trinajstić information content (AvgIpc) is 2.43. The van der Waals surface area contributed by atoms with Crippen LogP contribution in [0.2, 0.25) is 5.02 Å². The second-order valence-electron chi connectivity index (χ2n) is 4.16. The van der Waals surface area contributed by atoms with Gasteiger partial charge >= 0.3 is 6.03 Å². The highest BCUT2D eigenvalue weighted by atomic mass is 35.5. The monoisotopic (exact) mass is 295 g/mol. The van der Waals surface area contributed by atoms with Gasteiger partial charge in [-0.25, -0.2) is 4.79 Å². The van der Waals surface area contributed by atoms with Crippen LogP contribution in [0.4, 0.5) is 4.79 Å². The van der Waals surface area contributed by atoms with Crippen molar-refractivity contribution in [3.8, 4) is 0 Å². The Hall–Kier alpha value is -2.01. The summed E-state index contributed by atoms with van der Waals surface area (Å²) < 4.78 is 0. The summed E-state index contributed by atoms with van der Waals surface area (Å²) >= 11 is 6.04. The van der Waals surface area contributed by atoms with Crippen molar-refractivity contribution in [2.75, 3.05) is 13.1 Å². The highest BCUT2D eigenvalue weighted by Gasteiger charge is 2.12. The molecular formula is C14H18ClN3O2. The quantitative estimate of drug-likeness (QED) is 0.703. The number of benzene rings is 1. The van der Waals surface area contributed by atoms with E-state index in [4.69, 9.17) is 11.6 Å². The number of nitrogens with one attached hydrogen (secondary N) is 3. The maximum Gasteiger partial charge on any atom is 0.315 e. The first-order chi connectivity index (χ1) is 9.54. The number of amides is 3. The van der Waals surface area contributed by atoms with E-state index < -0.39 is 6.03 Å². The molecule has 1 aromatic carbocycles. The number of hydrogen-bond donors (Lipinski definition) is 3. The molecule has 1 aromatic rings. The SMILES string of the molecule is C=CCNC(=O)CNC(=O)N[C@H](C)c1ccccc1Cl. The molecule has 0 fully saturated rings. The number of hydrogen-bond acceptors (Lipinski definition) is 2. The van der Waals surface area contributed by atoms with E-state index in [1.807, 2.05) is 25.1 Å². The van der Waals surface area contributed by atoms with Gasteiger partial charge in [0.05, 0.1) is 12.6 Å². The predicted molar refractivity (Wildman–Crippen MR) is 79.6 cm³/mol. The molecule has 0 bridgehead atoms. The van der Waals surface area contributed by atoms with Gasteiger partial charge in [-0.05, 0) is 18.6 Å². The molecule has 0 aliphatic carbocycles. The first-order valence-electron chi connectivity index (χ1n) is 6.21. The Morgan fingerprint density at radius 3 is 2.70 bits per heavy atom. The summed E-state index contributed by atoms with van der Waals surface area (Å²) in [6.45, 7) is 5.58. The maximum absolute atomic E-state index is 11.7. The third kappa shape index (κ3) is 5.32. The molecule has 0 aliphatic rings. The highest BCUT2D eigenvalue weighted by molar-refractivity contribution is 6.31. The predicted octanol–water partition coefficient (Wildman–Crippen LogP) is 2.00. The molecule has 1 rings (SSSR count). The minimum absolute atomic E-state index is 0.0884. The van der Waals surface area contributed by atoms with Crippen molar-refractivity contribution in [2.24, 2.45) is 0 Å². The zero-order chi connectivity index (χ0) is 15.0. The van der Waals surface area contributed by atoms with Gasteiger partial charge in [-0.1, -0.05) is 35.9 Å². The Labute approximate surface area is 123 Å². The van der Waals surface area contributed by atoms with E-state index in [1.54, 1.807) is 12.1 Å². The molecule has 20 heavy (non-hydrogen) atoms. The van der Waals surface area contributed by atoms with Gasteiger partial charge in [0.2, 0.25) is 5.91 Å². The average molecular weight is 296 g/mol. The molecular weight excluding hydrogens is 278 g/mol. The summed E-state index contributed by atoms with van der Waals surface area (Å²) in [5, 5.41) is 8.33. The lowest BCUT2D eigenvalue weighted by Gasteiger charge is -2.16. The van der Waals surface area contributed by atoms with Crippen LogP contribution in [-0.4, -0.2) is 25.0 Å². The summed E-state index contributed by atoms with van der Waals surface area (Å²) in [6, 6.07) is 6.59. The van der Waals surface area contributed by atoms with E-state index in [1.165, 1.54) is 0 Å². The van der Waals surface area contributed by atoms with E-state index in [9.17, 15) is 9.59 Å². The Bertz CT molecular complexity index is 491. The molecule has 0 saturated carbocycles. The first-order valence-corrected chi connectivity index (χ1v) is 6.58. The van der Waals surface area contributed by atoms with Crippen molar-refractivity contribution in [2.45, 2.75) is 13.0 Å². The van der Waals surface area contributed by atoms with E-state index in [2.05, 4.69) is 22.5 Å². The fourth-order valence-electron chi connectivity index (χ4n) is 1.56. The maximum atomic E-state index is 11.7. The lowest BCUT2D eigenvalue weighted by Crippen LogP contribution is -2.42. The van der Waals surface area contributed by atoms with E-state index in [0.717, 1.165) is 5.56 Å². The zero-order valence-corrected chi connectivity index (χ0v) is 12.0. The van der Waals surface area contributed by atoms with Crippen LogP contribution in [-0.2, 0) is 4.79 Å². The van der Waals surface area contributed by atoms with Crippen LogP contribution >= 0.6 is 11.6 Å². The third-order valence-corrected chi connectivity index (χ3v) is 2.92. The van der Waals surface area contributed by atoms with Gasteiger partial charge in [0.15, 0.2) is 0 Å². The van der Waals surface area contributed by atoms with Crippen molar-refractivity contribution in [3.63, 3.8) is 0 Å². The van der Waals surface area contributed by atoms with Gasteiger partial charge in [-0.3, -0.25) is 4.79 Å². The van der Waals surface area contributed by atoms with Crippen molar-refractivity contribution < 1.29 is 9.59 Å². The molecule has 1 atom stereocenters. The fourth-order valence-corrected chi connectivity index (χ4v) is 1.86. The molecule has 0 unspecified atom stereocenters. The third-order valence-electron chi connectivity index (χ3n) is 2.57. The standard InChI is InChI=1S/C14H18ClN3O2/c1-3-8-16-13(19)9-17-14(20)18-10(2)11-6-4-5-7-12(11)15/h3-7,10H,1,8-9H2,2H3,(H,16,19)(H2,17,18,20)/t10-/m1/s1. The Kier molecular flexibility index (Phi) is 6.59. The van der Waals surface area contributed by atoms with Gasteiger partial charge in [0, 0.05) is 11.6 Å². The molecule has 6 heteroatoms. The van der Waals surface area contributed by atoms with Gasteiger partial charge in [-0.2, -0.15) is 0 Å². The van der Waals surface area contributed by atoms with Crippen LogP contribution in [0.15, 0.2) is 36.9 Å². The Balaban J connectivity index is 2.41. The Morgan fingerprint density at radius 2 is 2.05 bits per heavy atom. The van der Waals surface area contributed by atoms with Gasteiger partial charge < -0.3 is 16.0 Å². The van der Waals surface area contributed by atoms with Crippen molar-refractivity contribution in [3.05, 3.63) is 47.5 Å². The van der Waals surface area contributed by atoms with Crippen LogP contribution < -0.4 is 16.0 Å². The van der Waals surface area contributed by atoms with Crippen LogP contribution in [0.5, 0.6) is 0 Å². The molecule has 3 amide bonds. The molecule has 0 saturated heterocycles. The summed E-state index contributed by atoms with van der Waals surface area (Å²) in [5.74, 6) is -0.273. The number of carbonyl (C=O) groups is 2. The highest BCUT2D eigenvalue weighted by Crippen LogP contribution is 2.21. The largest absolute Gasteiger partial charge is 0.351 e. The van der Waals surface area contributed by atoms with Crippen molar-refractivity contribution in [1.29, 1.82) is 0 Å². The topological polar surface area (TPSA) is 70.2 Å². The van der Waals surface area contributed by atoms with Crippen molar-refractivity contribution >= 4 is 23.5 Å². The second kappa shape index (κ2) is 8.22. The minimum Gasteiger partial charge on any atom is -0.351 e. The lowest BCUT2D eigenvalue weighted by molar-refractivity contribution is -0.119. The lowest BCUT2D eigenvalue weighted by atomic mass is 10.1. The smallest absolute Gasteiger partial charge is 0.315 e. The molecule has 5 nitrogen and oxygen atoms in total. The minimum atomic E-state index is -0.425. The van der Waals surface area contributed by atoms with Crippen LogP contribution in [0.3, 0.4) is 0 Å². The number of urea groups is 1. The summed E-state index contributed by atoms with van der Waals surface area (Å²) in [5.41, 5.74) is 0.820. The Morgan fingerprint density at radius 1 is 1.35 bits per heavy atom. The van der Waals surface area contributed by atoms with Crippen LogP contribution in [0.1, 0.15) is 18.5 Å². The summed E-state index contributed by atoms with van der Waals surface area (Å²) in [7, 11) is 0. The normalized spacial score (nSPS) is 11.3. The fraction of sp³-hybridized carbons (Fsp3) is 0.286. The molecule has 0 aromatic heterocycles. The summed E-state index contributed by atoms with van der Waals surface area (Å²) in [4.78, 5) is 22.9. The number of halogens is 1.